The summed E-state index contributed by atoms with van der Waals surface area (Å²) < 4.78 is 0. The Morgan fingerprint density at radius 3 is 2.60 bits per heavy atom. The molecule has 0 aliphatic heterocycles. The lowest BCUT2D eigenvalue weighted by Gasteiger charge is -2.11. The van der Waals surface area contributed by atoms with Crippen molar-refractivity contribution in [2.75, 3.05) is 6.54 Å². The average Bonchev–Trinajstić information content (AvgIpc) is 2.70. The third-order valence-electron chi connectivity index (χ3n) is 2.26. The summed E-state index contributed by atoms with van der Waals surface area (Å²) in [6.45, 7) is 4.98. The van der Waals surface area contributed by atoms with Crippen LogP contribution in [0.1, 0.15) is 33.1 Å². The van der Waals surface area contributed by atoms with Crippen LogP contribution in [0.4, 0.5) is 0 Å². The molecule has 1 rings (SSSR count). The molecule has 1 aliphatic rings. The van der Waals surface area contributed by atoms with Crippen LogP contribution in [0.2, 0.25) is 0 Å². The summed E-state index contributed by atoms with van der Waals surface area (Å²) in [6, 6.07) is 0. The van der Waals surface area contributed by atoms with Gasteiger partial charge >= 0.3 is 0 Å². The van der Waals surface area contributed by atoms with Crippen molar-refractivity contribution >= 4 is 0 Å². The summed E-state index contributed by atoms with van der Waals surface area (Å²) in [4.78, 5) is 0. The summed E-state index contributed by atoms with van der Waals surface area (Å²) in [5, 5.41) is 3.45. The molecular weight excluding hydrogens is 122 g/mol. The number of hydrogen-bond acceptors (Lipinski definition) is 1. The molecule has 0 spiro atoms. The molecule has 0 aromatic carbocycles. The van der Waals surface area contributed by atoms with Crippen LogP contribution >= 0.6 is 0 Å². The standard InChI is InChI=1S/C9H15N/c1-3-5-8-10-9(4-2)6-7-9/h10H,4,6-8H2,1-2H3. The van der Waals surface area contributed by atoms with Crippen LogP contribution in [-0.4, -0.2) is 12.1 Å². The Balaban J connectivity index is 2.16. The molecule has 0 saturated heterocycles. The normalized spacial score (nSPS) is 19.4. The molecule has 0 radical (unpaired) electrons. The minimum Gasteiger partial charge on any atom is -0.301 e. The first-order chi connectivity index (χ1) is 4.83. The minimum atomic E-state index is 0.490. The van der Waals surface area contributed by atoms with E-state index < -0.39 is 0 Å². The van der Waals surface area contributed by atoms with Gasteiger partial charge in [0.15, 0.2) is 0 Å². The van der Waals surface area contributed by atoms with E-state index in [1.807, 2.05) is 6.92 Å². The smallest absolute Gasteiger partial charge is 0.0580 e. The predicted octanol–water partition coefficient (Wildman–Crippen LogP) is 1.54. The predicted molar refractivity (Wildman–Crippen MR) is 43.7 cm³/mol. The zero-order valence-electron chi connectivity index (χ0n) is 6.83. The minimum absolute atomic E-state index is 0.490. The van der Waals surface area contributed by atoms with Gasteiger partial charge < -0.3 is 5.32 Å². The molecule has 0 unspecified atom stereocenters. The van der Waals surface area contributed by atoms with Crippen LogP contribution in [0.5, 0.6) is 0 Å². The Morgan fingerprint density at radius 2 is 2.20 bits per heavy atom. The molecule has 1 N–H and O–H groups in total. The second-order valence-corrected chi connectivity index (χ2v) is 2.91. The van der Waals surface area contributed by atoms with Gasteiger partial charge in [-0.2, -0.15) is 0 Å². The van der Waals surface area contributed by atoms with Crippen LogP contribution in [0, 0.1) is 11.8 Å². The fraction of sp³-hybridized carbons (Fsp3) is 0.778. The van der Waals surface area contributed by atoms with Crippen LogP contribution in [-0.2, 0) is 0 Å². The molecule has 0 amide bonds. The lowest BCUT2D eigenvalue weighted by atomic mass is 10.2. The summed E-state index contributed by atoms with van der Waals surface area (Å²) >= 11 is 0. The van der Waals surface area contributed by atoms with Gasteiger partial charge in [-0.25, -0.2) is 0 Å². The summed E-state index contributed by atoms with van der Waals surface area (Å²) in [5.41, 5.74) is 0.490. The molecule has 1 aliphatic carbocycles. The zero-order chi connectivity index (χ0) is 7.45. The van der Waals surface area contributed by atoms with E-state index in [1.165, 1.54) is 19.3 Å². The molecule has 1 heteroatoms. The molecule has 0 aromatic heterocycles. The van der Waals surface area contributed by atoms with E-state index in [2.05, 4.69) is 24.1 Å². The van der Waals surface area contributed by atoms with Crippen molar-refractivity contribution in [3.05, 3.63) is 0 Å². The van der Waals surface area contributed by atoms with Gasteiger partial charge in [0.1, 0.15) is 0 Å². The first-order valence-electron chi connectivity index (χ1n) is 3.97. The van der Waals surface area contributed by atoms with Gasteiger partial charge in [-0.05, 0) is 26.2 Å². The first kappa shape index (κ1) is 7.63. The molecular formula is C9H15N. The van der Waals surface area contributed by atoms with Gasteiger partial charge in [-0.3, -0.25) is 0 Å². The second kappa shape index (κ2) is 3.07. The first-order valence-corrected chi connectivity index (χ1v) is 3.97. The van der Waals surface area contributed by atoms with E-state index in [0.717, 1.165) is 6.54 Å². The van der Waals surface area contributed by atoms with Crippen molar-refractivity contribution in [1.82, 2.24) is 5.32 Å². The lowest BCUT2D eigenvalue weighted by molar-refractivity contribution is 0.515. The molecule has 0 bridgehead atoms. The monoisotopic (exact) mass is 137 g/mol. The topological polar surface area (TPSA) is 12.0 Å². The van der Waals surface area contributed by atoms with E-state index in [9.17, 15) is 0 Å². The Kier molecular flexibility index (Phi) is 2.34. The molecule has 1 fully saturated rings. The van der Waals surface area contributed by atoms with Gasteiger partial charge in [0.25, 0.3) is 0 Å². The Morgan fingerprint density at radius 1 is 1.50 bits per heavy atom. The van der Waals surface area contributed by atoms with Gasteiger partial charge in [0.2, 0.25) is 0 Å². The SMILES string of the molecule is CC#CCNC1(CC)CC1. The van der Waals surface area contributed by atoms with Gasteiger partial charge in [0, 0.05) is 5.54 Å². The average molecular weight is 137 g/mol. The molecule has 56 valence electrons. The molecule has 0 heterocycles. The highest BCUT2D eigenvalue weighted by Gasteiger charge is 2.39. The van der Waals surface area contributed by atoms with Crippen molar-refractivity contribution in [2.24, 2.45) is 0 Å². The van der Waals surface area contributed by atoms with Crippen LogP contribution in [0.25, 0.3) is 0 Å². The highest BCUT2D eigenvalue weighted by atomic mass is 15.0. The Labute approximate surface area is 63.2 Å². The van der Waals surface area contributed by atoms with Crippen LogP contribution in [0.3, 0.4) is 0 Å². The van der Waals surface area contributed by atoms with E-state index >= 15 is 0 Å². The highest BCUT2D eigenvalue weighted by molar-refractivity contribution is 5.05. The van der Waals surface area contributed by atoms with E-state index in [4.69, 9.17) is 0 Å². The lowest BCUT2D eigenvalue weighted by Crippen LogP contribution is -2.30. The number of hydrogen-bond donors (Lipinski definition) is 1. The molecule has 10 heavy (non-hydrogen) atoms. The van der Waals surface area contributed by atoms with E-state index in [1.54, 1.807) is 0 Å². The molecule has 1 nitrogen and oxygen atoms in total. The van der Waals surface area contributed by atoms with E-state index in [-0.39, 0.29) is 0 Å². The van der Waals surface area contributed by atoms with Crippen molar-refractivity contribution in [2.45, 2.75) is 38.6 Å². The summed E-state index contributed by atoms with van der Waals surface area (Å²) in [5.74, 6) is 5.90. The summed E-state index contributed by atoms with van der Waals surface area (Å²) in [7, 11) is 0. The Hall–Kier alpha value is -0.480. The molecule has 0 aromatic rings. The quantitative estimate of drug-likeness (QED) is 0.582. The third-order valence-corrected chi connectivity index (χ3v) is 2.26. The van der Waals surface area contributed by atoms with Crippen LogP contribution in [0.15, 0.2) is 0 Å². The molecule has 1 saturated carbocycles. The maximum absolute atomic E-state index is 3.45. The van der Waals surface area contributed by atoms with Crippen molar-refractivity contribution in [3.63, 3.8) is 0 Å². The van der Waals surface area contributed by atoms with Crippen LogP contribution < -0.4 is 5.32 Å². The molecule has 0 atom stereocenters. The van der Waals surface area contributed by atoms with Gasteiger partial charge in [-0.1, -0.05) is 12.8 Å². The van der Waals surface area contributed by atoms with Gasteiger partial charge in [0.05, 0.1) is 6.54 Å². The maximum atomic E-state index is 3.45. The second-order valence-electron chi connectivity index (χ2n) is 2.91. The van der Waals surface area contributed by atoms with Gasteiger partial charge in [-0.15, -0.1) is 5.92 Å². The third kappa shape index (κ3) is 1.75. The largest absolute Gasteiger partial charge is 0.301 e. The zero-order valence-corrected chi connectivity index (χ0v) is 6.83. The summed E-state index contributed by atoms with van der Waals surface area (Å²) in [6.07, 6.45) is 3.93. The fourth-order valence-corrected chi connectivity index (χ4v) is 1.13. The fourth-order valence-electron chi connectivity index (χ4n) is 1.13. The number of rotatable bonds is 3. The van der Waals surface area contributed by atoms with Crippen molar-refractivity contribution < 1.29 is 0 Å². The van der Waals surface area contributed by atoms with Crippen molar-refractivity contribution in [1.29, 1.82) is 0 Å². The highest BCUT2D eigenvalue weighted by Crippen LogP contribution is 2.37. The maximum Gasteiger partial charge on any atom is 0.0580 e. The number of nitrogens with one attached hydrogen (secondary N) is 1. The Bertz CT molecular complexity index is 157. The van der Waals surface area contributed by atoms with E-state index in [0.29, 0.717) is 5.54 Å². The van der Waals surface area contributed by atoms with Crippen molar-refractivity contribution in [3.8, 4) is 11.8 Å².